The van der Waals surface area contributed by atoms with Gasteiger partial charge in [0, 0.05) is 17.6 Å². The van der Waals surface area contributed by atoms with Crippen LogP contribution in [-0.2, 0) is 9.53 Å². The first-order chi connectivity index (χ1) is 13.0. The quantitative estimate of drug-likeness (QED) is 0.786. The Balaban J connectivity index is 1.68. The standard InChI is InChI=1S/C20H21BrN2O4/c1-14(27-16-8-6-15(21)7-9-16)19(24)22-18-5-3-2-4-17(18)20(25)23-10-12-26-13-11-23/h2-9,14H,10-13H2,1H3,(H,22,24). The van der Waals surface area contributed by atoms with Crippen LogP contribution in [0.25, 0.3) is 0 Å². The van der Waals surface area contributed by atoms with Crippen molar-refractivity contribution in [1.82, 2.24) is 4.90 Å². The predicted octanol–water partition coefficient (Wildman–Crippen LogP) is 3.33. The van der Waals surface area contributed by atoms with E-state index >= 15 is 0 Å². The summed E-state index contributed by atoms with van der Waals surface area (Å²) in [5, 5.41) is 2.81. The molecule has 142 valence electrons. The number of ether oxygens (including phenoxy) is 2. The molecule has 1 atom stereocenters. The molecule has 1 unspecified atom stereocenters. The van der Waals surface area contributed by atoms with Crippen LogP contribution in [0.5, 0.6) is 5.75 Å². The molecule has 27 heavy (non-hydrogen) atoms. The van der Waals surface area contributed by atoms with E-state index in [-0.39, 0.29) is 11.8 Å². The van der Waals surface area contributed by atoms with Gasteiger partial charge in [-0.1, -0.05) is 28.1 Å². The van der Waals surface area contributed by atoms with E-state index in [4.69, 9.17) is 9.47 Å². The Morgan fingerprint density at radius 3 is 2.48 bits per heavy atom. The van der Waals surface area contributed by atoms with E-state index in [9.17, 15) is 9.59 Å². The van der Waals surface area contributed by atoms with Gasteiger partial charge in [0.15, 0.2) is 6.10 Å². The average molecular weight is 433 g/mol. The van der Waals surface area contributed by atoms with Gasteiger partial charge in [-0.3, -0.25) is 9.59 Å². The topological polar surface area (TPSA) is 67.9 Å². The van der Waals surface area contributed by atoms with Crippen molar-refractivity contribution in [2.24, 2.45) is 0 Å². The minimum absolute atomic E-state index is 0.115. The van der Waals surface area contributed by atoms with Crippen molar-refractivity contribution >= 4 is 33.4 Å². The third-order valence-corrected chi connectivity index (χ3v) is 4.74. The summed E-state index contributed by atoms with van der Waals surface area (Å²) in [4.78, 5) is 27.1. The van der Waals surface area contributed by atoms with Crippen molar-refractivity contribution in [3.8, 4) is 5.75 Å². The molecule has 1 N–H and O–H groups in total. The number of nitrogens with zero attached hydrogens (tertiary/aromatic N) is 1. The third kappa shape index (κ3) is 5.08. The number of hydrogen-bond donors (Lipinski definition) is 1. The molecule has 0 saturated carbocycles. The van der Waals surface area contributed by atoms with Crippen molar-refractivity contribution in [3.63, 3.8) is 0 Å². The van der Waals surface area contributed by atoms with Crippen molar-refractivity contribution in [3.05, 3.63) is 58.6 Å². The zero-order valence-corrected chi connectivity index (χ0v) is 16.6. The van der Waals surface area contributed by atoms with E-state index in [0.29, 0.717) is 43.3 Å². The Hall–Kier alpha value is -2.38. The van der Waals surface area contributed by atoms with Gasteiger partial charge in [0.1, 0.15) is 5.75 Å². The summed E-state index contributed by atoms with van der Waals surface area (Å²) < 4.78 is 11.9. The monoisotopic (exact) mass is 432 g/mol. The van der Waals surface area contributed by atoms with Crippen LogP contribution >= 0.6 is 15.9 Å². The highest BCUT2D eigenvalue weighted by molar-refractivity contribution is 9.10. The minimum atomic E-state index is -0.710. The largest absolute Gasteiger partial charge is 0.481 e. The van der Waals surface area contributed by atoms with Gasteiger partial charge in [-0.05, 0) is 43.3 Å². The number of carbonyl (C=O) groups excluding carboxylic acids is 2. The first-order valence-electron chi connectivity index (χ1n) is 8.74. The van der Waals surface area contributed by atoms with Gasteiger partial charge >= 0.3 is 0 Å². The Labute approximate surface area is 166 Å². The second kappa shape index (κ2) is 9.01. The molecule has 0 aromatic heterocycles. The number of halogens is 1. The van der Waals surface area contributed by atoms with E-state index in [1.54, 1.807) is 48.2 Å². The van der Waals surface area contributed by atoms with Crippen LogP contribution in [0, 0.1) is 0 Å². The van der Waals surface area contributed by atoms with Gasteiger partial charge in [-0.2, -0.15) is 0 Å². The van der Waals surface area contributed by atoms with Crippen LogP contribution in [0.3, 0.4) is 0 Å². The van der Waals surface area contributed by atoms with Gasteiger partial charge in [-0.25, -0.2) is 0 Å². The highest BCUT2D eigenvalue weighted by Gasteiger charge is 2.23. The van der Waals surface area contributed by atoms with Crippen LogP contribution < -0.4 is 10.1 Å². The molecule has 2 aromatic carbocycles. The molecule has 1 saturated heterocycles. The summed E-state index contributed by atoms with van der Waals surface area (Å²) in [5.74, 6) is 0.161. The van der Waals surface area contributed by atoms with Gasteiger partial charge < -0.3 is 19.7 Å². The summed E-state index contributed by atoms with van der Waals surface area (Å²) in [6.45, 7) is 3.81. The Bertz CT molecular complexity index is 804. The lowest BCUT2D eigenvalue weighted by Crippen LogP contribution is -2.41. The number of carbonyl (C=O) groups is 2. The van der Waals surface area contributed by atoms with Crippen LogP contribution in [0.1, 0.15) is 17.3 Å². The summed E-state index contributed by atoms with van der Waals surface area (Å²) in [6, 6.07) is 14.3. The molecule has 2 amide bonds. The maximum absolute atomic E-state index is 12.8. The molecule has 1 aliphatic heterocycles. The number of amides is 2. The van der Waals surface area contributed by atoms with E-state index in [1.807, 2.05) is 12.1 Å². The lowest BCUT2D eigenvalue weighted by Gasteiger charge is -2.27. The normalized spacial score (nSPS) is 15.1. The van der Waals surface area contributed by atoms with Crippen LogP contribution in [-0.4, -0.2) is 49.1 Å². The zero-order valence-electron chi connectivity index (χ0n) is 15.0. The highest BCUT2D eigenvalue weighted by Crippen LogP contribution is 2.20. The summed E-state index contributed by atoms with van der Waals surface area (Å²) in [7, 11) is 0. The number of benzene rings is 2. The molecule has 7 heteroatoms. The number of hydrogen-bond acceptors (Lipinski definition) is 4. The van der Waals surface area contributed by atoms with Crippen LogP contribution in [0.4, 0.5) is 5.69 Å². The van der Waals surface area contributed by atoms with Crippen molar-refractivity contribution in [2.45, 2.75) is 13.0 Å². The fraction of sp³-hybridized carbons (Fsp3) is 0.300. The number of anilines is 1. The number of para-hydroxylation sites is 1. The van der Waals surface area contributed by atoms with E-state index < -0.39 is 6.10 Å². The molecule has 0 aliphatic carbocycles. The fourth-order valence-electron chi connectivity index (χ4n) is 2.72. The Morgan fingerprint density at radius 1 is 1.11 bits per heavy atom. The average Bonchev–Trinajstić information content (AvgIpc) is 2.70. The molecule has 6 nitrogen and oxygen atoms in total. The van der Waals surface area contributed by atoms with Gasteiger partial charge in [-0.15, -0.1) is 0 Å². The van der Waals surface area contributed by atoms with Crippen LogP contribution in [0.2, 0.25) is 0 Å². The number of nitrogens with one attached hydrogen (secondary N) is 1. The SMILES string of the molecule is CC(Oc1ccc(Br)cc1)C(=O)Nc1ccccc1C(=O)N1CCOCC1. The van der Waals surface area contributed by atoms with E-state index in [1.165, 1.54) is 0 Å². The Morgan fingerprint density at radius 2 is 1.78 bits per heavy atom. The molecule has 1 aliphatic rings. The molecule has 1 fully saturated rings. The van der Waals surface area contributed by atoms with Crippen molar-refractivity contribution in [2.75, 3.05) is 31.6 Å². The lowest BCUT2D eigenvalue weighted by molar-refractivity contribution is -0.122. The van der Waals surface area contributed by atoms with E-state index in [2.05, 4.69) is 21.2 Å². The molecule has 0 spiro atoms. The maximum Gasteiger partial charge on any atom is 0.265 e. The van der Waals surface area contributed by atoms with Gasteiger partial charge in [0.2, 0.25) is 0 Å². The third-order valence-electron chi connectivity index (χ3n) is 4.21. The summed E-state index contributed by atoms with van der Waals surface area (Å²) in [6.07, 6.45) is -0.710. The summed E-state index contributed by atoms with van der Waals surface area (Å²) >= 11 is 3.36. The second-order valence-corrected chi connectivity index (χ2v) is 7.07. The molecule has 1 heterocycles. The molecular formula is C20H21BrN2O4. The zero-order chi connectivity index (χ0) is 19.2. The summed E-state index contributed by atoms with van der Waals surface area (Å²) in [5.41, 5.74) is 0.939. The molecule has 2 aromatic rings. The highest BCUT2D eigenvalue weighted by atomic mass is 79.9. The van der Waals surface area contributed by atoms with E-state index in [0.717, 1.165) is 4.47 Å². The first kappa shape index (κ1) is 19.4. The minimum Gasteiger partial charge on any atom is -0.481 e. The van der Waals surface area contributed by atoms with Crippen molar-refractivity contribution < 1.29 is 19.1 Å². The second-order valence-electron chi connectivity index (χ2n) is 6.15. The molecular weight excluding hydrogens is 412 g/mol. The van der Waals surface area contributed by atoms with Crippen LogP contribution in [0.15, 0.2) is 53.0 Å². The molecule has 3 rings (SSSR count). The first-order valence-corrected chi connectivity index (χ1v) is 9.53. The number of morpholine rings is 1. The predicted molar refractivity (Wildman–Crippen MR) is 106 cm³/mol. The molecule has 0 bridgehead atoms. The number of rotatable bonds is 5. The van der Waals surface area contributed by atoms with Gasteiger partial charge in [0.05, 0.1) is 24.5 Å². The maximum atomic E-state index is 12.8. The molecule has 0 radical (unpaired) electrons. The Kier molecular flexibility index (Phi) is 6.47. The smallest absolute Gasteiger partial charge is 0.265 e. The van der Waals surface area contributed by atoms with Crippen molar-refractivity contribution in [1.29, 1.82) is 0 Å². The fourth-order valence-corrected chi connectivity index (χ4v) is 2.98. The lowest BCUT2D eigenvalue weighted by atomic mass is 10.1. The van der Waals surface area contributed by atoms with Gasteiger partial charge in [0.25, 0.3) is 11.8 Å².